The number of nitrogens with zero attached hydrogens (tertiary/aromatic N) is 3. The number of thiophene rings is 1. The van der Waals surface area contributed by atoms with E-state index in [0.717, 1.165) is 14.4 Å². The van der Waals surface area contributed by atoms with Crippen LogP contribution < -0.4 is 9.36 Å². The number of halogens is 2. The van der Waals surface area contributed by atoms with Crippen LogP contribution in [-0.2, 0) is 4.57 Å². The average molecular weight is 541 g/mol. The fourth-order valence-electron chi connectivity index (χ4n) is 5.00. The molecule has 6 rings (SSSR count). The van der Waals surface area contributed by atoms with Gasteiger partial charge in [-0.25, -0.2) is 4.98 Å². The van der Waals surface area contributed by atoms with Gasteiger partial charge in [0.05, 0.1) is 32.6 Å². The number of imidazole rings is 1. The maximum Gasteiger partial charge on any atom is 0.387 e. The molecule has 0 saturated carbocycles. The topological polar surface area (TPSA) is 64.4 Å². The SMILES string of the molecule is [2H]C([2H])([2H])N1C(=O)c2cccc(OC(F)F)c2[C@H]2C[C@@H]1c1nc3ccc(C#Cc4ccc(P(C)(C)=O)s4)cc3n12. The minimum absolute atomic E-state index is 0.00265. The number of fused-ring (bicyclic) bond motifs is 9. The zero-order valence-electron chi connectivity index (χ0n) is 22.7. The molecule has 0 unspecified atom stereocenters. The Morgan fingerprint density at radius 1 is 1.19 bits per heavy atom. The molecule has 4 aromatic rings. The van der Waals surface area contributed by atoms with E-state index >= 15 is 0 Å². The summed E-state index contributed by atoms with van der Waals surface area (Å²) in [5.41, 5.74) is 2.05. The van der Waals surface area contributed by atoms with Crippen molar-refractivity contribution in [2.75, 3.05) is 20.3 Å². The van der Waals surface area contributed by atoms with Gasteiger partial charge in [0.2, 0.25) is 0 Å². The number of rotatable bonds is 3. The second-order valence-electron chi connectivity index (χ2n) is 9.32. The van der Waals surface area contributed by atoms with Crippen LogP contribution >= 0.6 is 18.5 Å². The van der Waals surface area contributed by atoms with Crippen LogP contribution in [0, 0.1) is 11.8 Å². The quantitative estimate of drug-likeness (QED) is 0.256. The lowest BCUT2D eigenvalue weighted by atomic mass is 9.97. The first-order chi connectivity index (χ1) is 18.8. The van der Waals surface area contributed by atoms with Crippen molar-refractivity contribution in [3.05, 3.63) is 75.9 Å². The Labute approximate surface area is 220 Å². The maximum absolute atomic E-state index is 13.5. The third-order valence-corrected chi connectivity index (χ3v) is 10.2. The van der Waals surface area contributed by atoms with E-state index in [2.05, 4.69) is 16.8 Å². The molecule has 0 saturated heterocycles. The van der Waals surface area contributed by atoms with Gasteiger partial charge in [-0.3, -0.25) is 4.79 Å². The summed E-state index contributed by atoms with van der Waals surface area (Å²) >= 11 is 1.38. The molecule has 2 aliphatic heterocycles. The van der Waals surface area contributed by atoms with Gasteiger partial charge >= 0.3 is 6.61 Å². The van der Waals surface area contributed by atoms with Gasteiger partial charge in [0, 0.05) is 34.2 Å². The first-order valence-corrected chi connectivity index (χ1v) is 14.9. The predicted molar refractivity (Wildman–Crippen MR) is 140 cm³/mol. The second kappa shape index (κ2) is 8.54. The van der Waals surface area contributed by atoms with Crippen LogP contribution in [0.4, 0.5) is 8.78 Å². The predicted octanol–water partition coefficient (Wildman–Crippen LogP) is 5.47. The molecule has 0 radical (unpaired) electrons. The number of benzene rings is 2. The van der Waals surface area contributed by atoms with E-state index in [1.165, 1.54) is 29.5 Å². The lowest BCUT2D eigenvalue weighted by molar-refractivity contribution is -0.0507. The van der Waals surface area contributed by atoms with E-state index < -0.39 is 38.7 Å². The van der Waals surface area contributed by atoms with Gasteiger partial charge in [0.15, 0.2) is 0 Å². The number of hydrogen-bond acceptors (Lipinski definition) is 5. The van der Waals surface area contributed by atoms with E-state index in [0.29, 0.717) is 22.4 Å². The largest absolute Gasteiger partial charge is 0.434 e. The number of aromatic nitrogens is 2. The van der Waals surface area contributed by atoms with Crippen molar-refractivity contribution >= 4 is 40.0 Å². The lowest BCUT2D eigenvalue weighted by Crippen LogP contribution is -2.30. The van der Waals surface area contributed by atoms with Crippen LogP contribution in [0.5, 0.6) is 5.75 Å². The lowest BCUT2D eigenvalue weighted by Gasteiger charge is -2.24. The number of amides is 1. The molecule has 4 heterocycles. The highest BCUT2D eigenvalue weighted by Gasteiger charge is 2.45. The molecule has 37 heavy (non-hydrogen) atoms. The monoisotopic (exact) mass is 540 g/mol. The van der Waals surface area contributed by atoms with Crippen molar-refractivity contribution in [2.45, 2.75) is 25.1 Å². The highest BCUT2D eigenvalue weighted by atomic mass is 32.1. The number of carbonyl (C=O) groups is 1. The molecule has 1 amide bonds. The van der Waals surface area contributed by atoms with Crippen LogP contribution in [-0.4, -0.2) is 47.3 Å². The van der Waals surface area contributed by atoms with Gasteiger partial charge in [0.1, 0.15) is 18.7 Å². The zero-order chi connectivity index (χ0) is 28.6. The molecule has 0 aliphatic carbocycles. The summed E-state index contributed by atoms with van der Waals surface area (Å²) in [6.07, 6.45) is 0.140. The molecule has 0 N–H and O–H groups in total. The summed E-state index contributed by atoms with van der Waals surface area (Å²) in [6.45, 7) is -2.51. The van der Waals surface area contributed by atoms with E-state index in [1.54, 1.807) is 30.0 Å². The van der Waals surface area contributed by atoms with Crippen LogP contribution in [0.1, 0.15) is 54.8 Å². The van der Waals surface area contributed by atoms with Gasteiger partial charge in [-0.1, -0.05) is 17.9 Å². The van der Waals surface area contributed by atoms with E-state index in [-0.39, 0.29) is 23.3 Å². The van der Waals surface area contributed by atoms with Crippen LogP contribution in [0.3, 0.4) is 0 Å². The van der Waals surface area contributed by atoms with Crippen molar-refractivity contribution < 1.29 is 27.0 Å². The average Bonchev–Trinajstić information content (AvgIpc) is 3.54. The standard InChI is InChI=1S/C27H22F2N3O3PS/c1-31-21-14-20(24-17(26(31)33)5-4-6-22(24)35-27(28)29)32-19-13-15(8-11-18(19)30-25(21)32)7-9-16-10-12-23(37-16)36(2,3)34/h4-6,8,10-13,20-21,27H,14H2,1-3H3/t20-,21-/m1/s1/i1D3. The van der Waals surface area contributed by atoms with Gasteiger partial charge in [-0.05, 0) is 55.8 Å². The molecule has 2 bridgehead atoms. The first kappa shape index (κ1) is 20.6. The highest BCUT2D eigenvalue weighted by molar-refractivity contribution is 7.75. The summed E-state index contributed by atoms with van der Waals surface area (Å²) in [5, 5.41) is 0. The van der Waals surface area contributed by atoms with Crippen molar-refractivity contribution in [1.82, 2.24) is 14.5 Å². The van der Waals surface area contributed by atoms with E-state index in [4.69, 9.17) is 8.85 Å². The summed E-state index contributed by atoms with van der Waals surface area (Å²) in [6, 6.07) is 11.6. The Bertz CT molecular complexity index is 1800. The molecular formula is C27H22F2N3O3PS. The number of ether oxygens (including phenoxy) is 1. The van der Waals surface area contributed by atoms with Gasteiger partial charge in [-0.2, -0.15) is 8.78 Å². The van der Waals surface area contributed by atoms with Gasteiger partial charge < -0.3 is 18.8 Å². The summed E-state index contributed by atoms with van der Waals surface area (Å²) < 4.78 is 70.9. The van der Waals surface area contributed by atoms with Crippen LogP contribution in [0.2, 0.25) is 0 Å². The molecule has 6 nitrogen and oxygen atoms in total. The maximum atomic E-state index is 13.5. The van der Waals surface area contributed by atoms with E-state index in [9.17, 15) is 18.1 Å². The normalized spacial score (nSPS) is 20.0. The van der Waals surface area contributed by atoms with Crippen LogP contribution in [0.25, 0.3) is 11.0 Å². The first-order valence-electron chi connectivity index (χ1n) is 12.9. The Morgan fingerprint density at radius 3 is 2.76 bits per heavy atom. The minimum atomic E-state index is -3.13. The molecule has 2 aromatic heterocycles. The Hall–Kier alpha value is -3.47. The summed E-state index contributed by atoms with van der Waals surface area (Å²) in [7, 11) is -2.39. The molecule has 2 atom stereocenters. The Kier molecular flexibility index (Phi) is 4.75. The van der Waals surface area contributed by atoms with Crippen molar-refractivity contribution in [1.29, 1.82) is 0 Å². The molecule has 0 fully saturated rings. The van der Waals surface area contributed by atoms with Crippen molar-refractivity contribution in [3.63, 3.8) is 0 Å². The Morgan fingerprint density at radius 2 is 2.03 bits per heavy atom. The third kappa shape index (κ3) is 3.96. The van der Waals surface area contributed by atoms with E-state index in [1.807, 2.05) is 18.2 Å². The smallest absolute Gasteiger partial charge is 0.387 e. The van der Waals surface area contributed by atoms with Gasteiger partial charge in [-0.15, -0.1) is 11.3 Å². The number of alkyl halides is 2. The summed E-state index contributed by atoms with van der Waals surface area (Å²) in [5.74, 6) is 5.61. The Balaban J connectivity index is 1.52. The molecule has 10 heteroatoms. The van der Waals surface area contributed by atoms with Gasteiger partial charge in [0.25, 0.3) is 5.91 Å². The molecule has 2 aromatic carbocycles. The minimum Gasteiger partial charge on any atom is -0.434 e. The number of hydrogen-bond donors (Lipinski definition) is 0. The van der Waals surface area contributed by atoms with Crippen molar-refractivity contribution in [2.24, 2.45) is 0 Å². The second-order valence-corrected chi connectivity index (χ2v) is 13.9. The molecule has 188 valence electrons. The molecule has 0 spiro atoms. The van der Waals surface area contributed by atoms with Crippen molar-refractivity contribution in [3.8, 4) is 17.6 Å². The summed E-state index contributed by atoms with van der Waals surface area (Å²) in [4.78, 5) is 19.8. The molecule has 2 aliphatic rings. The number of carbonyl (C=O) groups excluding carboxylic acids is 1. The zero-order valence-corrected chi connectivity index (χ0v) is 21.4. The fourth-order valence-corrected chi connectivity index (χ4v) is 7.21. The fraction of sp³-hybridized carbons (Fsp3) is 0.259. The molecular weight excluding hydrogens is 515 g/mol. The van der Waals surface area contributed by atoms with Crippen LogP contribution in [0.15, 0.2) is 48.5 Å². The highest BCUT2D eigenvalue weighted by Crippen LogP contribution is 2.50. The third-order valence-electron chi connectivity index (χ3n) is 6.60.